The number of carboxylic acid groups (broad SMARTS) is 1. The summed E-state index contributed by atoms with van der Waals surface area (Å²) < 4.78 is 12.7. The summed E-state index contributed by atoms with van der Waals surface area (Å²) in [6.07, 6.45) is -0.177. The molecule has 1 aromatic rings. The minimum Gasteiger partial charge on any atom is -0.480 e. The van der Waals surface area contributed by atoms with Gasteiger partial charge >= 0.3 is 5.97 Å². The number of aliphatic carboxylic acids is 1. The zero-order chi connectivity index (χ0) is 14.0. The second-order valence-corrected chi connectivity index (χ2v) is 4.02. The van der Waals surface area contributed by atoms with Gasteiger partial charge in [0.1, 0.15) is 5.82 Å². The fourth-order valence-corrected chi connectivity index (χ4v) is 1.74. The van der Waals surface area contributed by atoms with E-state index in [1.165, 1.54) is 18.3 Å². The van der Waals surface area contributed by atoms with Crippen LogP contribution in [0.2, 0.25) is 0 Å². The first-order chi connectivity index (χ1) is 9.00. The van der Waals surface area contributed by atoms with E-state index in [4.69, 9.17) is 5.11 Å². The highest BCUT2D eigenvalue weighted by atomic mass is 19.1. The summed E-state index contributed by atoms with van der Waals surface area (Å²) in [5.74, 6) is -2.55. The Kier molecular flexibility index (Phi) is 3.57. The first-order valence-electron chi connectivity index (χ1n) is 5.52. The van der Waals surface area contributed by atoms with E-state index in [0.717, 1.165) is 17.1 Å². The first kappa shape index (κ1) is 13.2. The van der Waals surface area contributed by atoms with Crippen molar-refractivity contribution in [3.05, 3.63) is 35.6 Å². The SMILES string of the molecule is O=C(O)[C@@H]1CC=NN1C(=O)[C@H](O)c1ccc(F)cc1. The molecule has 0 fully saturated rings. The molecule has 100 valence electrons. The third kappa shape index (κ3) is 2.60. The fourth-order valence-electron chi connectivity index (χ4n) is 1.74. The minimum absolute atomic E-state index is 0.0945. The van der Waals surface area contributed by atoms with Crippen LogP contribution in [0, 0.1) is 5.82 Å². The summed E-state index contributed by atoms with van der Waals surface area (Å²) in [7, 11) is 0. The van der Waals surface area contributed by atoms with Crippen LogP contribution in [0.25, 0.3) is 0 Å². The van der Waals surface area contributed by atoms with Crippen molar-refractivity contribution >= 4 is 18.1 Å². The number of hydrogen-bond donors (Lipinski definition) is 2. The van der Waals surface area contributed by atoms with Crippen LogP contribution >= 0.6 is 0 Å². The number of rotatable bonds is 3. The van der Waals surface area contributed by atoms with Gasteiger partial charge in [0.05, 0.1) is 0 Å². The molecule has 1 aliphatic heterocycles. The van der Waals surface area contributed by atoms with Crippen molar-refractivity contribution in [3.63, 3.8) is 0 Å². The second-order valence-electron chi connectivity index (χ2n) is 4.02. The van der Waals surface area contributed by atoms with Gasteiger partial charge in [-0.05, 0) is 17.7 Å². The summed E-state index contributed by atoms with van der Waals surface area (Å²) in [6.45, 7) is 0. The molecule has 0 bridgehead atoms. The maximum atomic E-state index is 12.7. The predicted molar refractivity (Wildman–Crippen MR) is 62.7 cm³/mol. The van der Waals surface area contributed by atoms with Crippen LogP contribution in [0.4, 0.5) is 4.39 Å². The molecule has 2 atom stereocenters. The maximum absolute atomic E-state index is 12.7. The number of amides is 1. The molecule has 0 saturated heterocycles. The first-order valence-corrected chi connectivity index (χ1v) is 5.52. The molecule has 0 spiro atoms. The molecular formula is C12H11FN2O4. The number of carbonyl (C=O) groups excluding carboxylic acids is 1. The molecule has 1 aromatic carbocycles. The quantitative estimate of drug-likeness (QED) is 0.835. The van der Waals surface area contributed by atoms with Gasteiger partial charge in [-0.3, -0.25) is 4.79 Å². The lowest BCUT2D eigenvalue weighted by atomic mass is 10.1. The molecule has 0 saturated carbocycles. The number of aliphatic hydroxyl groups is 1. The summed E-state index contributed by atoms with van der Waals surface area (Å²) in [5.41, 5.74) is 0.178. The molecular weight excluding hydrogens is 255 g/mol. The number of aliphatic hydroxyl groups excluding tert-OH is 1. The van der Waals surface area contributed by atoms with E-state index in [-0.39, 0.29) is 12.0 Å². The molecule has 0 unspecified atom stereocenters. The summed E-state index contributed by atoms with van der Waals surface area (Å²) in [6, 6.07) is 3.62. The van der Waals surface area contributed by atoms with Crippen LogP contribution < -0.4 is 0 Å². The predicted octanol–water partition coefficient (Wildman–Crippen LogP) is 0.530. The highest BCUT2D eigenvalue weighted by Gasteiger charge is 2.36. The van der Waals surface area contributed by atoms with Crippen molar-refractivity contribution in [2.75, 3.05) is 0 Å². The van der Waals surface area contributed by atoms with Gasteiger partial charge in [0.2, 0.25) is 0 Å². The van der Waals surface area contributed by atoms with Gasteiger partial charge in [0.15, 0.2) is 12.1 Å². The van der Waals surface area contributed by atoms with Crippen LogP contribution in [0.5, 0.6) is 0 Å². The van der Waals surface area contributed by atoms with Gasteiger partial charge in [-0.1, -0.05) is 12.1 Å². The number of halogens is 1. The van der Waals surface area contributed by atoms with Gasteiger partial charge in [-0.2, -0.15) is 5.10 Å². The van der Waals surface area contributed by atoms with Gasteiger partial charge < -0.3 is 10.2 Å². The van der Waals surface area contributed by atoms with Crippen LogP contribution in [0.3, 0.4) is 0 Å². The van der Waals surface area contributed by atoms with E-state index in [1.807, 2.05) is 0 Å². The smallest absolute Gasteiger partial charge is 0.329 e. The van der Waals surface area contributed by atoms with Gasteiger partial charge in [-0.15, -0.1) is 0 Å². The summed E-state index contributed by atoms with van der Waals surface area (Å²) in [4.78, 5) is 22.9. The molecule has 6 nitrogen and oxygen atoms in total. The van der Waals surface area contributed by atoms with Crippen molar-refractivity contribution < 1.29 is 24.2 Å². The zero-order valence-corrected chi connectivity index (χ0v) is 9.73. The molecule has 0 aliphatic carbocycles. The molecule has 1 aliphatic rings. The lowest BCUT2D eigenvalue weighted by Crippen LogP contribution is -2.40. The molecule has 19 heavy (non-hydrogen) atoms. The number of carbonyl (C=O) groups is 2. The molecule has 2 rings (SSSR count). The average Bonchev–Trinajstić information content (AvgIpc) is 2.87. The summed E-state index contributed by atoms with van der Waals surface area (Å²) in [5, 5.41) is 23.2. The van der Waals surface area contributed by atoms with Crippen LogP contribution in [-0.2, 0) is 9.59 Å². The standard InChI is InChI=1S/C12H11FN2O4/c13-8-3-1-7(2-4-8)10(16)11(17)15-9(12(18)19)5-6-14-15/h1-4,6,9-10,16H,5H2,(H,18,19)/t9-,10+/m0/s1. The lowest BCUT2D eigenvalue weighted by Gasteiger charge is -2.21. The Morgan fingerprint density at radius 1 is 1.37 bits per heavy atom. The van der Waals surface area contributed by atoms with Crippen molar-refractivity contribution in [2.45, 2.75) is 18.6 Å². The van der Waals surface area contributed by atoms with E-state index in [9.17, 15) is 19.1 Å². The van der Waals surface area contributed by atoms with Crippen molar-refractivity contribution in [1.29, 1.82) is 0 Å². The monoisotopic (exact) mass is 266 g/mol. The maximum Gasteiger partial charge on any atom is 0.329 e. The third-order valence-corrected chi connectivity index (χ3v) is 2.76. The number of hydrogen-bond acceptors (Lipinski definition) is 4. The zero-order valence-electron chi connectivity index (χ0n) is 9.73. The Morgan fingerprint density at radius 3 is 2.58 bits per heavy atom. The highest BCUT2D eigenvalue weighted by molar-refractivity contribution is 5.90. The minimum atomic E-state index is -1.57. The molecule has 7 heteroatoms. The molecule has 2 N–H and O–H groups in total. The van der Waals surface area contributed by atoms with Gasteiger partial charge in [0.25, 0.3) is 5.91 Å². The highest BCUT2D eigenvalue weighted by Crippen LogP contribution is 2.21. The Morgan fingerprint density at radius 2 is 2.00 bits per heavy atom. The van der Waals surface area contributed by atoms with Crippen LogP contribution in [-0.4, -0.2) is 39.4 Å². The molecule has 1 amide bonds. The van der Waals surface area contributed by atoms with Crippen molar-refractivity contribution in [1.82, 2.24) is 5.01 Å². The largest absolute Gasteiger partial charge is 0.480 e. The second kappa shape index (κ2) is 5.15. The van der Waals surface area contributed by atoms with E-state index < -0.39 is 29.8 Å². The fraction of sp³-hybridized carbons (Fsp3) is 0.250. The Labute approximate surface area is 107 Å². The van der Waals surface area contributed by atoms with Crippen molar-refractivity contribution in [3.8, 4) is 0 Å². The van der Waals surface area contributed by atoms with Crippen LogP contribution in [0.1, 0.15) is 18.1 Å². The average molecular weight is 266 g/mol. The van der Waals surface area contributed by atoms with Gasteiger partial charge in [0, 0.05) is 12.6 Å². The van der Waals surface area contributed by atoms with Crippen molar-refractivity contribution in [2.24, 2.45) is 5.10 Å². The molecule has 0 radical (unpaired) electrons. The number of nitrogens with zero attached hydrogens (tertiary/aromatic N) is 2. The topological polar surface area (TPSA) is 90.2 Å². The molecule has 0 aromatic heterocycles. The van der Waals surface area contributed by atoms with E-state index in [0.29, 0.717) is 0 Å². The van der Waals surface area contributed by atoms with E-state index in [1.54, 1.807) is 0 Å². The number of carboxylic acids is 1. The summed E-state index contributed by atoms with van der Waals surface area (Å²) >= 11 is 0. The Balaban J connectivity index is 2.17. The number of hydrazone groups is 1. The Hall–Kier alpha value is -2.28. The molecule has 1 heterocycles. The van der Waals surface area contributed by atoms with E-state index >= 15 is 0 Å². The van der Waals surface area contributed by atoms with Crippen LogP contribution in [0.15, 0.2) is 29.4 Å². The lowest BCUT2D eigenvalue weighted by molar-refractivity contribution is -0.153. The Bertz CT molecular complexity index is 529. The van der Waals surface area contributed by atoms with E-state index in [2.05, 4.69) is 5.10 Å². The normalized spacial score (nSPS) is 19.5. The van der Waals surface area contributed by atoms with Gasteiger partial charge in [-0.25, -0.2) is 14.2 Å². The third-order valence-electron chi connectivity index (χ3n) is 2.76. The number of benzene rings is 1.